The third kappa shape index (κ3) is 2.95. The number of alkyl halides is 3. The van der Waals surface area contributed by atoms with Gasteiger partial charge in [-0.15, -0.1) is 0 Å². The Balaban J connectivity index is 2.45. The quantitative estimate of drug-likeness (QED) is 0.896. The molecule has 0 radical (unpaired) electrons. The number of hydrogen-bond donors (Lipinski definition) is 1. The molecule has 1 fully saturated rings. The summed E-state index contributed by atoms with van der Waals surface area (Å²) in [4.78, 5) is 1.95. The Kier molecular flexibility index (Phi) is 4.23. The summed E-state index contributed by atoms with van der Waals surface area (Å²) in [5.74, 6) is 0.253. The summed E-state index contributed by atoms with van der Waals surface area (Å²) in [6.07, 6.45) is -3.67. The Labute approximate surface area is 118 Å². The van der Waals surface area contributed by atoms with Gasteiger partial charge in [0.25, 0.3) is 0 Å². The molecular weight excluding hydrogens is 321 g/mol. The second-order valence-corrected chi connectivity index (χ2v) is 5.85. The molecule has 0 spiro atoms. The molecule has 6 heteroatoms. The lowest BCUT2D eigenvalue weighted by Crippen LogP contribution is -2.22. The van der Waals surface area contributed by atoms with Crippen LogP contribution < -0.4 is 5.73 Å². The predicted octanol–water partition coefficient (Wildman–Crippen LogP) is 3.42. The summed E-state index contributed by atoms with van der Waals surface area (Å²) in [7, 11) is 1.85. The average molecular weight is 337 g/mol. The molecule has 2 N–H and O–H groups in total. The highest BCUT2D eigenvalue weighted by molar-refractivity contribution is 9.10. The number of nitrogens with zero attached hydrogens (tertiary/aromatic N) is 1. The number of benzene rings is 1. The average Bonchev–Trinajstić information content (AvgIpc) is 2.69. The normalized spacial score (nSPS) is 24.9. The molecular formula is C13H16BrF3N2. The number of hydrogen-bond acceptors (Lipinski definition) is 2. The minimum absolute atomic E-state index is 0.235. The van der Waals surface area contributed by atoms with Gasteiger partial charge in [0.2, 0.25) is 0 Å². The molecule has 1 aromatic rings. The van der Waals surface area contributed by atoms with Crippen molar-refractivity contribution in [1.82, 2.24) is 4.90 Å². The minimum Gasteiger partial charge on any atom is -0.330 e. The zero-order chi connectivity index (χ0) is 14.2. The highest BCUT2D eigenvalue weighted by Gasteiger charge is 2.39. The first kappa shape index (κ1) is 14.8. The number of likely N-dealkylation sites (tertiary alicyclic amines) is 1. The molecule has 1 aliphatic rings. The third-order valence-corrected chi connectivity index (χ3v) is 4.35. The molecule has 0 aliphatic carbocycles. The van der Waals surface area contributed by atoms with Crippen molar-refractivity contribution in [2.24, 2.45) is 11.7 Å². The van der Waals surface area contributed by atoms with Gasteiger partial charge < -0.3 is 5.73 Å². The Bertz CT molecular complexity index is 462. The van der Waals surface area contributed by atoms with Crippen LogP contribution in [0.2, 0.25) is 0 Å². The highest BCUT2D eigenvalue weighted by Crippen LogP contribution is 2.44. The SMILES string of the molecule is CN1CC(CN)CC1c1c(Br)cccc1C(F)(F)F. The van der Waals surface area contributed by atoms with Crippen molar-refractivity contribution >= 4 is 15.9 Å². The van der Waals surface area contributed by atoms with Crippen molar-refractivity contribution in [3.8, 4) is 0 Å². The van der Waals surface area contributed by atoms with Gasteiger partial charge in [0, 0.05) is 17.1 Å². The van der Waals surface area contributed by atoms with E-state index in [1.165, 1.54) is 6.07 Å². The molecule has 0 saturated carbocycles. The first-order valence-corrected chi connectivity index (χ1v) is 6.89. The monoisotopic (exact) mass is 336 g/mol. The lowest BCUT2D eigenvalue weighted by atomic mass is 9.95. The topological polar surface area (TPSA) is 29.3 Å². The van der Waals surface area contributed by atoms with Crippen molar-refractivity contribution < 1.29 is 13.2 Å². The van der Waals surface area contributed by atoms with Crippen molar-refractivity contribution in [1.29, 1.82) is 0 Å². The fourth-order valence-electron chi connectivity index (χ4n) is 2.74. The van der Waals surface area contributed by atoms with Gasteiger partial charge >= 0.3 is 6.18 Å². The molecule has 1 heterocycles. The third-order valence-electron chi connectivity index (χ3n) is 3.66. The van der Waals surface area contributed by atoms with E-state index in [0.29, 0.717) is 23.0 Å². The minimum atomic E-state index is -4.33. The summed E-state index contributed by atoms with van der Waals surface area (Å²) >= 11 is 3.26. The first-order valence-electron chi connectivity index (χ1n) is 6.10. The van der Waals surface area contributed by atoms with Gasteiger partial charge in [-0.25, -0.2) is 0 Å². The molecule has 1 aromatic carbocycles. The van der Waals surface area contributed by atoms with Gasteiger partial charge in [-0.1, -0.05) is 22.0 Å². The van der Waals surface area contributed by atoms with Crippen LogP contribution in [0.1, 0.15) is 23.6 Å². The highest BCUT2D eigenvalue weighted by atomic mass is 79.9. The maximum absolute atomic E-state index is 13.1. The van der Waals surface area contributed by atoms with E-state index in [0.717, 1.165) is 12.6 Å². The second kappa shape index (κ2) is 5.42. The zero-order valence-corrected chi connectivity index (χ0v) is 12.1. The van der Waals surface area contributed by atoms with Crippen LogP contribution in [-0.2, 0) is 6.18 Å². The van der Waals surface area contributed by atoms with Crippen LogP contribution in [0.5, 0.6) is 0 Å². The Morgan fingerprint density at radius 3 is 2.63 bits per heavy atom. The standard InChI is InChI=1S/C13H16BrF3N2/c1-19-7-8(6-18)5-11(19)12-9(13(15,16)17)3-2-4-10(12)14/h2-4,8,11H,5-7,18H2,1H3. The van der Waals surface area contributed by atoms with E-state index in [1.807, 2.05) is 11.9 Å². The molecule has 106 valence electrons. The number of halogens is 4. The van der Waals surface area contributed by atoms with Gasteiger partial charge in [0.15, 0.2) is 0 Å². The molecule has 2 atom stereocenters. The van der Waals surface area contributed by atoms with E-state index >= 15 is 0 Å². The summed E-state index contributed by atoms with van der Waals surface area (Å²) in [5, 5.41) is 0. The van der Waals surface area contributed by atoms with E-state index in [2.05, 4.69) is 15.9 Å². The lowest BCUT2D eigenvalue weighted by Gasteiger charge is -2.24. The Hall–Kier alpha value is -0.590. The van der Waals surface area contributed by atoms with Gasteiger partial charge in [-0.05, 0) is 43.6 Å². The molecule has 2 unspecified atom stereocenters. The summed E-state index contributed by atoms with van der Waals surface area (Å²) in [5.41, 5.74) is 5.41. The molecule has 1 saturated heterocycles. The van der Waals surface area contributed by atoms with Crippen LogP contribution in [0, 0.1) is 5.92 Å². The number of rotatable bonds is 2. The van der Waals surface area contributed by atoms with Gasteiger partial charge in [-0.3, -0.25) is 4.90 Å². The van der Waals surface area contributed by atoms with Crippen LogP contribution >= 0.6 is 15.9 Å². The van der Waals surface area contributed by atoms with E-state index < -0.39 is 11.7 Å². The zero-order valence-electron chi connectivity index (χ0n) is 10.5. The first-order chi connectivity index (χ1) is 8.84. The van der Waals surface area contributed by atoms with Gasteiger partial charge in [0.1, 0.15) is 0 Å². The molecule has 0 aromatic heterocycles. The van der Waals surface area contributed by atoms with Crippen LogP contribution in [0.15, 0.2) is 22.7 Å². The van der Waals surface area contributed by atoms with Crippen molar-refractivity contribution in [2.75, 3.05) is 20.1 Å². The van der Waals surface area contributed by atoms with E-state index in [9.17, 15) is 13.2 Å². The Morgan fingerprint density at radius 2 is 2.11 bits per heavy atom. The van der Waals surface area contributed by atoms with Crippen LogP contribution in [0.4, 0.5) is 13.2 Å². The molecule has 19 heavy (non-hydrogen) atoms. The maximum Gasteiger partial charge on any atom is 0.416 e. The van der Waals surface area contributed by atoms with E-state index in [-0.39, 0.29) is 12.0 Å². The summed E-state index contributed by atoms with van der Waals surface area (Å²) in [6, 6.07) is 3.99. The van der Waals surface area contributed by atoms with Crippen molar-refractivity contribution in [3.05, 3.63) is 33.8 Å². The smallest absolute Gasteiger partial charge is 0.330 e. The van der Waals surface area contributed by atoms with Crippen LogP contribution in [-0.4, -0.2) is 25.0 Å². The largest absolute Gasteiger partial charge is 0.416 e. The Morgan fingerprint density at radius 1 is 1.42 bits per heavy atom. The maximum atomic E-state index is 13.1. The second-order valence-electron chi connectivity index (χ2n) is 4.99. The molecule has 1 aliphatic heterocycles. The van der Waals surface area contributed by atoms with Crippen LogP contribution in [0.25, 0.3) is 0 Å². The molecule has 0 bridgehead atoms. The van der Waals surface area contributed by atoms with Gasteiger partial charge in [-0.2, -0.15) is 13.2 Å². The molecule has 2 nitrogen and oxygen atoms in total. The van der Waals surface area contributed by atoms with Gasteiger partial charge in [0.05, 0.1) is 5.56 Å². The van der Waals surface area contributed by atoms with E-state index in [1.54, 1.807) is 6.07 Å². The number of nitrogens with two attached hydrogens (primary N) is 1. The van der Waals surface area contributed by atoms with Crippen molar-refractivity contribution in [2.45, 2.75) is 18.6 Å². The summed E-state index contributed by atoms with van der Waals surface area (Å²) < 4.78 is 39.9. The summed E-state index contributed by atoms with van der Waals surface area (Å²) in [6.45, 7) is 1.24. The molecule has 0 amide bonds. The lowest BCUT2D eigenvalue weighted by molar-refractivity contribution is -0.138. The van der Waals surface area contributed by atoms with Crippen molar-refractivity contribution in [3.63, 3.8) is 0 Å². The van der Waals surface area contributed by atoms with Crippen LogP contribution in [0.3, 0.4) is 0 Å². The molecule has 2 rings (SSSR count). The van der Waals surface area contributed by atoms with E-state index in [4.69, 9.17) is 5.73 Å². The predicted molar refractivity (Wildman–Crippen MR) is 71.7 cm³/mol. The fourth-order valence-corrected chi connectivity index (χ4v) is 3.37. The fraction of sp³-hybridized carbons (Fsp3) is 0.538.